The Morgan fingerprint density at radius 1 is 0.735 bits per heavy atom. The molecule has 276 valence electrons. The van der Waals surface area contributed by atoms with Gasteiger partial charge in [0.15, 0.2) is 0 Å². The number of fused-ring (bicyclic) bond motifs is 1. The SMILES string of the molecule is CC(=CC=C(C)N1CCN(CCCN2CC3CC(NC(=O)C(C)C)CC3C2)CC1)C(=O)NC1CC2(CCN(CCN3CCNCC3)CC2)C1. The molecule has 49 heavy (non-hydrogen) atoms. The van der Waals surface area contributed by atoms with Crippen molar-refractivity contribution in [3.8, 4) is 0 Å². The van der Waals surface area contributed by atoms with Gasteiger partial charge >= 0.3 is 0 Å². The first-order valence-electron chi connectivity index (χ1n) is 20.0. The van der Waals surface area contributed by atoms with Crippen LogP contribution in [0, 0.1) is 23.2 Å². The molecule has 1 spiro atoms. The minimum Gasteiger partial charge on any atom is -0.372 e. The number of amides is 2. The fourth-order valence-corrected chi connectivity index (χ4v) is 9.60. The summed E-state index contributed by atoms with van der Waals surface area (Å²) < 4.78 is 0. The van der Waals surface area contributed by atoms with Gasteiger partial charge in [-0.3, -0.25) is 19.4 Å². The molecule has 2 atom stereocenters. The molecule has 2 saturated carbocycles. The Kier molecular flexibility index (Phi) is 12.8. The van der Waals surface area contributed by atoms with Gasteiger partial charge in [-0.2, -0.15) is 0 Å². The van der Waals surface area contributed by atoms with E-state index in [0.717, 1.165) is 82.4 Å². The molecule has 4 heterocycles. The van der Waals surface area contributed by atoms with Gasteiger partial charge in [0.1, 0.15) is 0 Å². The summed E-state index contributed by atoms with van der Waals surface area (Å²) >= 11 is 0. The first-order chi connectivity index (χ1) is 23.6. The fourth-order valence-electron chi connectivity index (χ4n) is 9.60. The Hall–Kier alpha value is -1.98. The summed E-state index contributed by atoms with van der Waals surface area (Å²) in [6, 6.07) is 0.728. The van der Waals surface area contributed by atoms with Crippen molar-refractivity contribution in [1.29, 1.82) is 0 Å². The molecular weight excluding hydrogens is 612 g/mol. The van der Waals surface area contributed by atoms with Crippen molar-refractivity contribution < 1.29 is 9.59 Å². The number of piperidine rings is 1. The van der Waals surface area contributed by atoms with Gasteiger partial charge in [0.05, 0.1) is 0 Å². The molecule has 6 rings (SSSR count). The second kappa shape index (κ2) is 17.0. The standard InChI is InChI=1S/C39H68N8O2/c1-30(2)37(48)41-35-24-33-28-46(29-34(33)25-35)13-5-12-43-20-22-47(23-21-43)32(4)7-6-31(3)38(49)42-36-26-39(27-36)8-14-44(15-9-39)18-19-45-16-10-40-11-17-45/h6-7,30,33-36,40H,5,8-29H2,1-4H3,(H,41,48)(H,42,49). The van der Waals surface area contributed by atoms with Gasteiger partial charge in [-0.15, -0.1) is 0 Å². The molecule has 0 bridgehead atoms. The number of piperazine rings is 2. The molecule has 10 heteroatoms. The Balaban J connectivity index is 0.815. The predicted molar refractivity (Wildman–Crippen MR) is 198 cm³/mol. The molecule has 6 aliphatic rings. The fraction of sp³-hybridized carbons (Fsp3) is 0.846. The average molecular weight is 681 g/mol. The van der Waals surface area contributed by atoms with E-state index < -0.39 is 0 Å². The van der Waals surface area contributed by atoms with E-state index in [1.807, 2.05) is 26.8 Å². The highest BCUT2D eigenvalue weighted by Gasteiger charge is 2.46. The third kappa shape index (κ3) is 10.1. The van der Waals surface area contributed by atoms with Crippen molar-refractivity contribution in [3.05, 3.63) is 23.4 Å². The van der Waals surface area contributed by atoms with Crippen LogP contribution in [-0.4, -0.2) is 153 Å². The molecule has 0 radical (unpaired) electrons. The summed E-state index contributed by atoms with van der Waals surface area (Å²) in [5.74, 6) is 1.91. The van der Waals surface area contributed by atoms with Crippen LogP contribution in [0.4, 0.5) is 0 Å². The minimum atomic E-state index is 0.0783. The van der Waals surface area contributed by atoms with Crippen LogP contribution >= 0.6 is 0 Å². The van der Waals surface area contributed by atoms with E-state index in [1.165, 1.54) is 90.4 Å². The number of likely N-dealkylation sites (tertiary alicyclic amines) is 2. The van der Waals surface area contributed by atoms with Gasteiger partial charge in [0, 0.05) is 108 Å². The number of carbonyl (C=O) groups is 2. The molecule has 10 nitrogen and oxygen atoms in total. The topological polar surface area (TPSA) is 86.4 Å². The van der Waals surface area contributed by atoms with Gasteiger partial charge in [0.2, 0.25) is 11.8 Å². The Labute approximate surface area is 297 Å². The predicted octanol–water partition coefficient (Wildman–Crippen LogP) is 2.59. The smallest absolute Gasteiger partial charge is 0.247 e. The summed E-state index contributed by atoms with van der Waals surface area (Å²) in [4.78, 5) is 38.1. The first kappa shape index (κ1) is 36.8. The second-order valence-corrected chi connectivity index (χ2v) is 17.0. The average Bonchev–Trinajstić information content (AvgIpc) is 3.64. The highest BCUT2D eigenvalue weighted by Crippen LogP contribution is 2.49. The molecule has 2 unspecified atom stereocenters. The Morgan fingerprint density at radius 2 is 1.33 bits per heavy atom. The van der Waals surface area contributed by atoms with Crippen LogP contribution in [0.5, 0.6) is 0 Å². The van der Waals surface area contributed by atoms with Crippen LogP contribution < -0.4 is 16.0 Å². The van der Waals surface area contributed by atoms with E-state index in [1.54, 1.807) is 0 Å². The van der Waals surface area contributed by atoms with Gasteiger partial charge < -0.3 is 30.7 Å². The van der Waals surface area contributed by atoms with Crippen LogP contribution in [0.1, 0.15) is 72.6 Å². The zero-order valence-corrected chi connectivity index (χ0v) is 31.4. The third-order valence-electron chi connectivity index (χ3n) is 13.0. The lowest BCUT2D eigenvalue weighted by Gasteiger charge is -2.52. The highest BCUT2D eigenvalue weighted by molar-refractivity contribution is 5.93. The summed E-state index contributed by atoms with van der Waals surface area (Å²) in [6.07, 6.45) is 12.6. The summed E-state index contributed by atoms with van der Waals surface area (Å²) in [5.41, 5.74) is 2.53. The Bertz CT molecular complexity index is 1140. The largest absolute Gasteiger partial charge is 0.372 e. The van der Waals surface area contributed by atoms with Gasteiger partial charge in [-0.25, -0.2) is 0 Å². The van der Waals surface area contributed by atoms with Crippen molar-refractivity contribution in [2.24, 2.45) is 23.2 Å². The number of carbonyl (C=O) groups excluding carboxylic acids is 2. The number of rotatable bonds is 13. The maximum Gasteiger partial charge on any atom is 0.247 e. The number of hydrogen-bond donors (Lipinski definition) is 3. The van der Waals surface area contributed by atoms with E-state index in [0.29, 0.717) is 17.5 Å². The van der Waals surface area contributed by atoms with Gasteiger partial charge in [-0.1, -0.05) is 19.9 Å². The molecule has 2 amide bonds. The van der Waals surface area contributed by atoms with E-state index >= 15 is 0 Å². The van der Waals surface area contributed by atoms with E-state index in [-0.39, 0.29) is 17.7 Å². The molecule has 0 aromatic heterocycles. The molecule has 0 aromatic carbocycles. The van der Waals surface area contributed by atoms with E-state index in [2.05, 4.69) is 53.4 Å². The van der Waals surface area contributed by atoms with Crippen molar-refractivity contribution in [2.75, 3.05) is 105 Å². The van der Waals surface area contributed by atoms with Gasteiger partial charge in [0.25, 0.3) is 0 Å². The van der Waals surface area contributed by atoms with Crippen LogP contribution in [0.3, 0.4) is 0 Å². The Morgan fingerprint density at radius 3 is 1.96 bits per heavy atom. The number of nitrogens with one attached hydrogen (secondary N) is 3. The number of hydrogen-bond acceptors (Lipinski definition) is 8. The zero-order chi connectivity index (χ0) is 34.4. The second-order valence-electron chi connectivity index (χ2n) is 17.0. The maximum atomic E-state index is 13.0. The summed E-state index contributed by atoms with van der Waals surface area (Å²) in [5, 5.41) is 10.1. The van der Waals surface area contributed by atoms with Crippen LogP contribution in [-0.2, 0) is 9.59 Å². The van der Waals surface area contributed by atoms with Gasteiger partial charge in [-0.05, 0) is 108 Å². The minimum absolute atomic E-state index is 0.0783. The lowest BCUT2D eigenvalue weighted by molar-refractivity contribution is -0.124. The summed E-state index contributed by atoms with van der Waals surface area (Å²) in [7, 11) is 0. The number of nitrogens with zero attached hydrogens (tertiary/aromatic N) is 5. The van der Waals surface area contributed by atoms with Crippen molar-refractivity contribution in [3.63, 3.8) is 0 Å². The molecular formula is C39H68N8O2. The molecule has 2 aliphatic carbocycles. The monoisotopic (exact) mass is 681 g/mol. The van der Waals surface area contributed by atoms with Crippen LogP contribution in [0.15, 0.2) is 23.4 Å². The first-order valence-corrected chi connectivity index (χ1v) is 20.0. The van der Waals surface area contributed by atoms with Crippen molar-refractivity contribution in [1.82, 2.24) is 40.4 Å². The molecule has 3 N–H and O–H groups in total. The lowest BCUT2D eigenvalue weighted by Crippen LogP contribution is -2.55. The van der Waals surface area contributed by atoms with Crippen LogP contribution in [0.2, 0.25) is 0 Å². The highest BCUT2D eigenvalue weighted by atomic mass is 16.2. The molecule has 6 fully saturated rings. The molecule has 4 aliphatic heterocycles. The van der Waals surface area contributed by atoms with Crippen molar-refractivity contribution in [2.45, 2.75) is 84.7 Å². The number of allylic oxidation sites excluding steroid dienone is 3. The maximum absolute atomic E-state index is 13.0. The third-order valence-corrected chi connectivity index (χ3v) is 13.0. The lowest BCUT2D eigenvalue weighted by atomic mass is 9.60. The van der Waals surface area contributed by atoms with Crippen LogP contribution in [0.25, 0.3) is 0 Å². The van der Waals surface area contributed by atoms with E-state index in [9.17, 15) is 9.59 Å². The normalized spacial score (nSPS) is 29.4. The summed E-state index contributed by atoms with van der Waals surface area (Å²) in [6.45, 7) is 26.7. The van der Waals surface area contributed by atoms with E-state index in [4.69, 9.17) is 0 Å². The zero-order valence-electron chi connectivity index (χ0n) is 31.4. The molecule has 0 aromatic rings. The quantitative estimate of drug-likeness (QED) is 0.202. The molecule has 4 saturated heterocycles. The van der Waals surface area contributed by atoms with Crippen molar-refractivity contribution >= 4 is 11.8 Å².